The Labute approximate surface area is 154 Å². The van der Waals surface area contributed by atoms with Crippen molar-refractivity contribution in [1.82, 2.24) is 5.32 Å². The Hall–Kier alpha value is -2.48. The van der Waals surface area contributed by atoms with Gasteiger partial charge in [-0.2, -0.15) is 0 Å². The Balaban J connectivity index is 0. The number of rotatable bonds is 4. The lowest BCUT2D eigenvalue weighted by atomic mass is 10.1. The number of esters is 1. The SMILES string of the molecule is C/C=C(\C)C(=O)NC(C)(C)C(=O)O.C/C=C(\C)C1=NC(C)(C)C(=O)O1.O. The number of nitrogens with one attached hydrogen (secondary N) is 1. The van der Waals surface area contributed by atoms with Gasteiger partial charge in [-0.25, -0.2) is 14.6 Å². The van der Waals surface area contributed by atoms with Crippen LogP contribution < -0.4 is 5.32 Å². The lowest BCUT2D eigenvalue weighted by Crippen LogP contribution is -2.49. The summed E-state index contributed by atoms with van der Waals surface area (Å²) in [5.41, 5.74) is -0.524. The minimum Gasteiger partial charge on any atom is -0.480 e. The van der Waals surface area contributed by atoms with E-state index in [0.29, 0.717) is 11.5 Å². The molecule has 1 amide bonds. The van der Waals surface area contributed by atoms with Gasteiger partial charge in [0.05, 0.1) is 0 Å². The van der Waals surface area contributed by atoms with Gasteiger partial charge in [0.2, 0.25) is 11.8 Å². The van der Waals surface area contributed by atoms with E-state index in [-0.39, 0.29) is 17.4 Å². The number of hydrogen-bond acceptors (Lipinski definition) is 5. The Morgan fingerprint density at radius 2 is 1.69 bits per heavy atom. The van der Waals surface area contributed by atoms with Crippen LogP contribution in [0.25, 0.3) is 0 Å². The Bertz CT molecular complexity index is 642. The fourth-order valence-corrected chi connectivity index (χ4v) is 1.39. The molecule has 0 spiro atoms. The van der Waals surface area contributed by atoms with Crippen LogP contribution in [-0.2, 0) is 19.1 Å². The highest BCUT2D eigenvalue weighted by molar-refractivity contribution is 6.07. The molecule has 0 bridgehead atoms. The average molecular weight is 370 g/mol. The normalized spacial score (nSPS) is 16.5. The van der Waals surface area contributed by atoms with Crippen LogP contribution in [0.4, 0.5) is 0 Å². The Morgan fingerprint density at radius 3 is 2.00 bits per heavy atom. The fourth-order valence-electron chi connectivity index (χ4n) is 1.39. The number of cyclic esters (lactones) is 1. The molecule has 1 heterocycles. The van der Waals surface area contributed by atoms with E-state index in [1.807, 2.05) is 19.9 Å². The van der Waals surface area contributed by atoms with Crippen molar-refractivity contribution in [2.45, 2.75) is 66.5 Å². The monoisotopic (exact) mass is 370 g/mol. The number of ether oxygens (including phenoxy) is 1. The maximum atomic E-state index is 11.3. The van der Waals surface area contributed by atoms with Crippen LogP contribution in [0.15, 0.2) is 28.3 Å². The maximum absolute atomic E-state index is 11.3. The second-order valence-corrected chi connectivity index (χ2v) is 6.69. The minimum atomic E-state index is -1.22. The van der Waals surface area contributed by atoms with E-state index in [2.05, 4.69) is 10.3 Å². The Kier molecular flexibility index (Phi) is 9.77. The highest BCUT2D eigenvalue weighted by atomic mass is 16.6. The summed E-state index contributed by atoms with van der Waals surface area (Å²) in [7, 11) is 0. The number of carboxylic acids is 1. The molecule has 0 saturated carbocycles. The van der Waals surface area contributed by atoms with Gasteiger partial charge in [0.25, 0.3) is 0 Å². The molecule has 0 aliphatic carbocycles. The van der Waals surface area contributed by atoms with E-state index in [1.165, 1.54) is 13.8 Å². The second-order valence-electron chi connectivity index (χ2n) is 6.69. The number of allylic oxidation sites excluding steroid dienone is 2. The summed E-state index contributed by atoms with van der Waals surface area (Å²) in [6, 6.07) is 0. The van der Waals surface area contributed by atoms with Gasteiger partial charge < -0.3 is 20.6 Å². The number of carbonyl (C=O) groups excluding carboxylic acids is 2. The molecule has 8 heteroatoms. The molecule has 8 nitrogen and oxygen atoms in total. The summed E-state index contributed by atoms with van der Waals surface area (Å²) in [5.74, 6) is -1.23. The summed E-state index contributed by atoms with van der Waals surface area (Å²) in [5, 5.41) is 11.1. The van der Waals surface area contributed by atoms with Gasteiger partial charge in [-0.1, -0.05) is 12.2 Å². The molecule has 0 aromatic rings. The highest BCUT2D eigenvalue weighted by Crippen LogP contribution is 2.21. The van der Waals surface area contributed by atoms with Gasteiger partial charge in [0, 0.05) is 11.1 Å². The lowest BCUT2D eigenvalue weighted by molar-refractivity contribution is -0.145. The number of nitrogens with zero attached hydrogens (tertiary/aromatic N) is 1. The van der Waals surface area contributed by atoms with Gasteiger partial charge >= 0.3 is 11.9 Å². The van der Waals surface area contributed by atoms with Crippen molar-refractivity contribution in [3.05, 3.63) is 23.3 Å². The highest BCUT2D eigenvalue weighted by Gasteiger charge is 2.37. The van der Waals surface area contributed by atoms with E-state index in [0.717, 1.165) is 5.57 Å². The minimum absolute atomic E-state index is 0. The molecule has 0 aromatic carbocycles. The van der Waals surface area contributed by atoms with Gasteiger partial charge in [0.1, 0.15) is 5.54 Å². The number of aliphatic carboxylic acids is 1. The van der Waals surface area contributed by atoms with Crippen LogP contribution in [0.1, 0.15) is 55.4 Å². The topological polar surface area (TPSA) is 137 Å². The van der Waals surface area contributed by atoms with E-state index in [4.69, 9.17) is 9.84 Å². The molecule has 1 aliphatic heterocycles. The average Bonchev–Trinajstić information content (AvgIpc) is 2.79. The second kappa shape index (κ2) is 9.86. The van der Waals surface area contributed by atoms with Gasteiger partial charge in [-0.3, -0.25) is 4.79 Å². The van der Waals surface area contributed by atoms with Crippen molar-refractivity contribution in [2.75, 3.05) is 0 Å². The van der Waals surface area contributed by atoms with Crippen LogP contribution >= 0.6 is 0 Å². The summed E-state index contributed by atoms with van der Waals surface area (Å²) in [6.07, 6.45) is 3.50. The molecule has 148 valence electrons. The fraction of sp³-hybridized carbons (Fsp3) is 0.556. The van der Waals surface area contributed by atoms with E-state index < -0.39 is 17.0 Å². The molecular formula is C18H30N2O6. The third-order valence-electron chi connectivity index (χ3n) is 3.59. The molecule has 0 atom stereocenters. The predicted molar refractivity (Wildman–Crippen MR) is 99.9 cm³/mol. The molecule has 0 fully saturated rings. The van der Waals surface area contributed by atoms with Gasteiger partial charge in [-0.05, 0) is 55.4 Å². The van der Waals surface area contributed by atoms with Crippen molar-refractivity contribution >= 4 is 23.7 Å². The standard InChI is InChI=1S/C9H15NO3.C9H13NO2.H2O/c1-5-6(2)7(11)10-9(3,4)8(12)13;1-5-6(2)7-10-9(3,4)8(11)12-7;/h5H,1-4H3,(H,10,11)(H,12,13);5H,1-4H3;1H2/b2*6-5+;. The smallest absolute Gasteiger partial charge is 0.340 e. The molecule has 26 heavy (non-hydrogen) atoms. The maximum Gasteiger partial charge on any atom is 0.340 e. The first kappa shape index (κ1) is 25.8. The van der Waals surface area contributed by atoms with Crippen molar-refractivity contribution in [3.63, 3.8) is 0 Å². The molecule has 4 N–H and O–H groups in total. The van der Waals surface area contributed by atoms with Crippen molar-refractivity contribution in [3.8, 4) is 0 Å². The first-order chi connectivity index (χ1) is 11.3. The van der Waals surface area contributed by atoms with Crippen molar-refractivity contribution < 1.29 is 29.7 Å². The number of hydrogen-bond donors (Lipinski definition) is 2. The molecular weight excluding hydrogens is 340 g/mol. The molecule has 1 rings (SSSR count). The quantitative estimate of drug-likeness (QED) is 0.574. The third kappa shape index (κ3) is 7.18. The first-order valence-corrected chi connectivity index (χ1v) is 7.92. The van der Waals surface area contributed by atoms with Crippen LogP contribution in [0.5, 0.6) is 0 Å². The molecule has 0 saturated heterocycles. The first-order valence-electron chi connectivity index (χ1n) is 7.92. The van der Waals surface area contributed by atoms with Gasteiger partial charge in [-0.15, -0.1) is 0 Å². The third-order valence-corrected chi connectivity index (χ3v) is 3.59. The van der Waals surface area contributed by atoms with Gasteiger partial charge in [0.15, 0.2) is 5.54 Å². The number of carbonyl (C=O) groups is 3. The Morgan fingerprint density at radius 1 is 1.19 bits per heavy atom. The van der Waals surface area contributed by atoms with Crippen LogP contribution in [0.3, 0.4) is 0 Å². The number of aliphatic imine (C=N–C) groups is 1. The van der Waals surface area contributed by atoms with E-state index >= 15 is 0 Å². The molecule has 0 radical (unpaired) electrons. The predicted octanol–water partition coefficient (Wildman–Crippen LogP) is 1.79. The van der Waals surface area contributed by atoms with Crippen LogP contribution in [0, 0.1) is 0 Å². The zero-order valence-electron chi connectivity index (χ0n) is 16.7. The number of carboxylic acid groups (broad SMARTS) is 1. The van der Waals surface area contributed by atoms with Crippen LogP contribution in [-0.4, -0.2) is 45.4 Å². The summed E-state index contributed by atoms with van der Waals surface area (Å²) in [4.78, 5) is 37.2. The number of amides is 1. The molecule has 0 aromatic heterocycles. The van der Waals surface area contributed by atoms with Crippen molar-refractivity contribution in [2.24, 2.45) is 4.99 Å². The summed E-state index contributed by atoms with van der Waals surface area (Å²) < 4.78 is 4.97. The lowest BCUT2D eigenvalue weighted by Gasteiger charge is -2.20. The van der Waals surface area contributed by atoms with Crippen molar-refractivity contribution in [1.29, 1.82) is 0 Å². The molecule has 0 unspecified atom stereocenters. The molecule has 1 aliphatic rings. The zero-order chi connectivity index (χ0) is 20.0. The summed E-state index contributed by atoms with van der Waals surface area (Å²) in [6.45, 7) is 13.5. The van der Waals surface area contributed by atoms with E-state index in [9.17, 15) is 14.4 Å². The zero-order valence-corrected chi connectivity index (χ0v) is 16.7. The van der Waals surface area contributed by atoms with E-state index in [1.54, 1.807) is 33.8 Å². The van der Waals surface area contributed by atoms with Crippen LogP contribution in [0.2, 0.25) is 0 Å². The largest absolute Gasteiger partial charge is 0.480 e. The summed E-state index contributed by atoms with van der Waals surface area (Å²) >= 11 is 0.